The molecule has 0 bridgehead atoms. The van der Waals surface area contributed by atoms with Crippen molar-refractivity contribution in [2.45, 2.75) is 50.2 Å². The van der Waals surface area contributed by atoms with Crippen LogP contribution in [0.2, 0.25) is 0 Å². The average Bonchev–Trinajstić information content (AvgIpc) is 2.42. The summed E-state index contributed by atoms with van der Waals surface area (Å²) in [5.74, 6) is 0. The van der Waals surface area contributed by atoms with Gasteiger partial charge in [-0.3, -0.25) is 4.90 Å². The molecule has 2 aliphatic rings. The Hall–Kier alpha value is -0.160. The molecule has 2 fully saturated rings. The molecule has 0 aliphatic carbocycles. The predicted octanol–water partition coefficient (Wildman–Crippen LogP) is 0.824. The van der Waals surface area contributed by atoms with Gasteiger partial charge in [-0.15, -0.1) is 0 Å². The number of likely N-dealkylation sites (N-methyl/N-ethyl adjacent to an activating group) is 1. The van der Waals surface area contributed by atoms with Crippen molar-refractivity contribution in [3.8, 4) is 0 Å². The summed E-state index contributed by atoms with van der Waals surface area (Å²) in [7, 11) is 6.79. The molecule has 112 valence electrons. The molecule has 2 N–H and O–H groups in total. The Bertz CT molecular complexity index is 288. The second-order valence-corrected chi connectivity index (χ2v) is 6.86. The first-order valence-electron chi connectivity index (χ1n) is 7.80. The van der Waals surface area contributed by atoms with Crippen LogP contribution in [0, 0.1) is 0 Å². The van der Waals surface area contributed by atoms with E-state index >= 15 is 0 Å². The van der Waals surface area contributed by atoms with Gasteiger partial charge in [0.25, 0.3) is 0 Å². The quantitative estimate of drug-likeness (QED) is 0.822. The molecule has 2 saturated heterocycles. The zero-order valence-electron chi connectivity index (χ0n) is 13.2. The molecule has 0 aromatic rings. The molecule has 0 spiro atoms. The summed E-state index contributed by atoms with van der Waals surface area (Å²) < 4.78 is 0. The van der Waals surface area contributed by atoms with E-state index in [4.69, 9.17) is 5.73 Å². The van der Waals surface area contributed by atoms with Crippen molar-refractivity contribution in [2.24, 2.45) is 5.73 Å². The van der Waals surface area contributed by atoms with E-state index < -0.39 is 0 Å². The van der Waals surface area contributed by atoms with Crippen molar-refractivity contribution >= 4 is 0 Å². The molecule has 0 aromatic carbocycles. The van der Waals surface area contributed by atoms with Crippen LogP contribution in [0.25, 0.3) is 0 Å². The molecule has 2 rings (SSSR count). The number of rotatable bonds is 3. The number of likely N-dealkylation sites (tertiary alicyclic amines) is 2. The Morgan fingerprint density at radius 3 is 2.37 bits per heavy atom. The summed E-state index contributed by atoms with van der Waals surface area (Å²) in [4.78, 5) is 7.55. The van der Waals surface area contributed by atoms with E-state index in [1.807, 2.05) is 0 Å². The Kier molecular flexibility index (Phi) is 4.88. The average molecular weight is 268 g/mol. The minimum atomic E-state index is 0.229. The van der Waals surface area contributed by atoms with Crippen LogP contribution in [-0.4, -0.2) is 79.6 Å². The van der Waals surface area contributed by atoms with E-state index in [9.17, 15) is 0 Å². The number of hydrogen-bond donors (Lipinski definition) is 1. The lowest BCUT2D eigenvalue weighted by Gasteiger charge is -2.52. The highest BCUT2D eigenvalue weighted by Crippen LogP contribution is 2.33. The number of piperidine rings is 2. The summed E-state index contributed by atoms with van der Waals surface area (Å²) in [6.45, 7) is 6.77. The number of hydrogen-bond acceptors (Lipinski definition) is 4. The number of nitrogens with zero attached hydrogens (tertiary/aromatic N) is 3. The molecule has 2 heterocycles. The van der Waals surface area contributed by atoms with Crippen LogP contribution in [0.5, 0.6) is 0 Å². The molecule has 0 saturated carbocycles. The van der Waals surface area contributed by atoms with E-state index in [0.717, 1.165) is 12.6 Å². The van der Waals surface area contributed by atoms with E-state index in [2.05, 4.69) is 42.8 Å². The van der Waals surface area contributed by atoms with Gasteiger partial charge in [-0.1, -0.05) is 0 Å². The predicted molar refractivity (Wildman–Crippen MR) is 81.4 cm³/mol. The Balaban J connectivity index is 2.04. The third-order valence-corrected chi connectivity index (χ3v) is 5.72. The van der Waals surface area contributed by atoms with E-state index in [1.165, 1.54) is 45.3 Å². The first-order valence-corrected chi connectivity index (χ1v) is 7.80. The Labute approximate surface area is 118 Å². The van der Waals surface area contributed by atoms with Crippen molar-refractivity contribution in [1.29, 1.82) is 0 Å². The van der Waals surface area contributed by atoms with Crippen molar-refractivity contribution in [1.82, 2.24) is 14.7 Å². The zero-order chi connectivity index (χ0) is 14.0. The van der Waals surface area contributed by atoms with Gasteiger partial charge < -0.3 is 15.5 Å². The lowest BCUT2D eigenvalue weighted by atomic mass is 9.80. The topological polar surface area (TPSA) is 35.7 Å². The second-order valence-electron chi connectivity index (χ2n) is 6.86. The monoisotopic (exact) mass is 268 g/mol. The summed E-state index contributed by atoms with van der Waals surface area (Å²) in [6.07, 6.45) is 5.01. The fraction of sp³-hybridized carbons (Fsp3) is 1.00. The Morgan fingerprint density at radius 2 is 1.84 bits per heavy atom. The summed E-state index contributed by atoms with van der Waals surface area (Å²) >= 11 is 0. The van der Waals surface area contributed by atoms with Crippen molar-refractivity contribution in [3.05, 3.63) is 0 Å². The van der Waals surface area contributed by atoms with Gasteiger partial charge in [0.2, 0.25) is 0 Å². The maximum absolute atomic E-state index is 6.21. The number of nitrogens with two attached hydrogens (primary N) is 1. The van der Waals surface area contributed by atoms with Gasteiger partial charge >= 0.3 is 0 Å². The maximum Gasteiger partial charge on any atom is 0.0358 e. The molecular formula is C15H32N4. The van der Waals surface area contributed by atoms with Crippen LogP contribution >= 0.6 is 0 Å². The van der Waals surface area contributed by atoms with Crippen LogP contribution < -0.4 is 5.73 Å². The smallest absolute Gasteiger partial charge is 0.0358 e. The summed E-state index contributed by atoms with van der Waals surface area (Å²) in [5.41, 5.74) is 6.44. The molecular weight excluding hydrogens is 236 g/mol. The molecule has 0 aromatic heterocycles. The minimum Gasteiger partial charge on any atom is -0.329 e. The zero-order valence-corrected chi connectivity index (χ0v) is 13.2. The van der Waals surface area contributed by atoms with E-state index in [-0.39, 0.29) is 5.54 Å². The van der Waals surface area contributed by atoms with Gasteiger partial charge in [0, 0.05) is 24.2 Å². The highest BCUT2D eigenvalue weighted by Gasteiger charge is 2.42. The third kappa shape index (κ3) is 3.13. The van der Waals surface area contributed by atoms with Gasteiger partial charge in [-0.05, 0) is 73.4 Å². The van der Waals surface area contributed by atoms with Gasteiger partial charge in [0.05, 0.1) is 0 Å². The SMILES string of the molecule is CC1CC(CN)(N(C)C2CCN(C)CC2)CCN1C. The molecule has 2 unspecified atom stereocenters. The van der Waals surface area contributed by atoms with Crippen LogP contribution in [0.4, 0.5) is 0 Å². The maximum atomic E-state index is 6.21. The molecule has 19 heavy (non-hydrogen) atoms. The first-order chi connectivity index (χ1) is 8.98. The first kappa shape index (κ1) is 15.2. The van der Waals surface area contributed by atoms with Crippen molar-refractivity contribution < 1.29 is 0 Å². The van der Waals surface area contributed by atoms with Gasteiger partial charge in [0.15, 0.2) is 0 Å². The highest BCUT2D eigenvalue weighted by atomic mass is 15.3. The third-order valence-electron chi connectivity index (χ3n) is 5.72. The van der Waals surface area contributed by atoms with Gasteiger partial charge in [-0.2, -0.15) is 0 Å². The highest BCUT2D eigenvalue weighted by molar-refractivity contribution is 5.00. The fourth-order valence-corrected chi connectivity index (χ4v) is 3.83. The van der Waals surface area contributed by atoms with Crippen molar-refractivity contribution in [2.75, 3.05) is 47.3 Å². The molecule has 2 aliphatic heterocycles. The second kappa shape index (κ2) is 6.08. The largest absolute Gasteiger partial charge is 0.329 e. The van der Waals surface area contributed by atoms with Crippen LogP contribution in [0.3, 0.4) is 0 Å². The van der Waals surface area contributed by atoms with E-state index in [1.54, 1.807) is 0 Å². The summed E-state index contributed by atoms with van der Waals surface area (Å²) in [6, 6.07) is 1.36. The minimum absolute atomic E-state index is 0.229. The molecule has 0 radical (unpaired) electrons. The van der Waals surface area contributed by atoms with Crippen molar-refractivity contribution in [3.63, 3.8) is 0 Å². The lowest BCUT2D eigenvalue weighted by Crippen LogP contribution is -2.63. The molecule has 4 nitrogen and oxygen atoms in total. The van der Waals surface area contributed by atoms with Crippen LogP contribution in [-0.2, 0) is 0 Å². The van der Waals surface area contributed by atoms with Gasteiger partial charge in [0.1, 0.15) is 0 Å². The Morgan fingerprint density at radius 1 is 1.21 bits per heavy atom. The molecule has 0 amide bonds. The summed E-state index contributed by atoms with van der Waals surface area (Å²) in [5, 5.41) is 0. The molecule has 4 heteroatoms. The van der Waals surface area contributed by atoms with Crippen LogP contribution in [0.15, 0.2) is 0 Å². The van der Waals surface area contributed by atoms with Gasteiger partial charge in [-0.25, -0.2) is 0 Å². The standard InChI is InChI=1S/C15H32N4/c1-13-11-15(12-16,7-10-18(13)3)19(4)14-5-8-17(2)9-6-14/h13-14H,5-12,16H2,1-4H3. The normalized spacial score (nSPS) is 36.0. The molecule has 2 atom stereocenters. The van der Waals surface area contributed by atoms with E-state index in [0.29, 0.717) is 6.04 Å². The fourth-order valence-electron chi connectivity index (χ4n) is 3.83. The lowest BCUT2D eigenvalue weighted by molar-refractivity contribution is -0.0138. The van der Waals surface area contributed by atoms with Crippen LogP contribution in [0.1, 0.15) is 32.6 Å².